The summed E-state index contributed by atoms with van der Waals surface area (Å²) >= 11 is 0. The summed E-state index contributed by atoms with van der Waals surface area (Å²) in [5.41, 5.74) is 3.74. The molecule has 0 aromatic heterocycles. The summed E-state index contributed by atoms with van der Waals surface area (Å²) in [7, 11) is 0. The largest absolute Gasteiger partial charge is 0.355 e. The number of carbonyl (C=O) groups is 1. The van der Waals surface area contributed by atoms with Crippen molar-refractivity contribution in [2.24, 2.45) is 0 Å². The first-order valence-electron chi connectivity index (χ1n) is 7.38. The lowest BCUT2D eigenvalue weighted by molar-refractivity contribution is 0.0774. The minimum absolute atomic E-state index is 0.0664. The quantitative estimate of drug-likeness (QED) is 0.890. The molecule has 0 aliphatic rings. The average Bonchev–Trinajstić information content (AvgIpc) is 2.51. The van der Waals surface area contributed by atoms with Crippen LogP contribution in [-0.2, 0) is 0 Å². The second kappa shape index (κ2) is 6.93. The summed E-state index contributed by atoms with van der Waals surface area (Å²) in [6.07, 6.45) is 0. The third-order valence-electron chi connectivity index (χ3n) is 3.62. The first kappa shape index (κ1) is 15.1. The Balaban J connectivity index is 2.33. The topological polar surface area (TPSA) is 32.3 Å². The van der Waals surface area contributed by atoms with Crippen LogP contribution in [0, 0.1) is 6.92 Å². The van der Waals surface area contributed by atoms with Crippen LogP contribution >= 0.6 is 0 Å². The van der Waals surface area contributed by atoms with Gasteiger partial charge in [-0.25, -0.2) is 0 Å². The maximum absolute atomic E-state index is 12.6. The number of aryl methyl sites for hydroxylation is 1. The lowest BCUT2D eigenvalue weighted by atomic mass is 10.1. The molecule has 0 atom stereocenters. The molecule has 1 N–H and O–H groups in total. The van der Waals surface area contributed by atoms with Gasteiger partial charge in [0.2, 0.25) is 0 Å². The molecule has 0 radical (unpaired) electrons. The molecule has 0 aliphatic carbocycles. The number of hydrogen-bond donors (Lipinski definition) is 1. The maximum Gasteiger partial charge on any atom is 0.255 e. The van der Waals surface area contributed by atoms with Crippen LogP contribution < -0.4 is 5.32 Å². The van der Waals surface area contributed by atoms with Gasteiger partial charge in [-0.2, -0.15) is 0 Å². The smallest absolute Gasteiger partial charge is 0.255 e. The first-order valence-corrected chi connectivity index (χ1v) is 7.38. The monoisotopic (exact) mass is 282 g/mol. The van der Waals surface area contributed by atoms with Gasteiger partial charge >= 0.3 is 0 Å². The van der Waals surface area contributed by atoms with Crippen molar-refractivity contribution in [2.75, 3.05) is 18.4 Å². The number of para-hydroxylation sites is 2. The van der Waals surface area contributed by atoms with E-state index in [0.29, 0.717) is 18.7 Å². The van der Waals surface area contributed by atoms with Crippen LogP contribution in [0.4, 0.5) is 11.4 Å². The van der Waals surface area contributed by atoms with E-state index in [1.54, 1.807) is 0 Å². The van der Waals surface area contributed by atoms with E-state index in [1.807, 2.05) is 61.2 Å². The van der Waals surface area contributed by atoms with Gasteiger partial charge in [-0.1, -0.05) is 30.3 Å². The van der Waals surface area contributed by atoms with E-state index in [2.05, 4.69) is 18.3 Å². The predicted octanol–water partition coefficient (Wildman–Crippen LogP) is 4.22. The van der Waals surface area contributed by atoms with Crippen molar-refractivity contribution in [1.82, 2.24) is 4.90 Å². The van der Waals surface area contributed by atoms with E-state index in [0.717, 1.165) is 16.9 Å². The van der Waals surface area contributed by atoms with Crippen LogP contribution in [-0.4, -0.2) is 23.9 Å². The summed E-state index contributed by atoms with van der Waals surface area (Å²) in [4.78, 5) is 14.4. The third-order valence-corrected chi connectivity index (χ3v) is 3.62. The van der Waals surface area contributed by atoms with Gasteiger partial charge in [-0.05, 0) is 44.5 Å². The van der Waals surface area contributed by atoms with E-state index >= 15 is 0 Å². The van der Waals surface area contributed by atoms with Crippen molar-refractivity contribution in [3.8, 4) is 0 Å². The van der Waals surface area contributed by atoms with E-state index in [1.165, 1.54) is 0 Å². The molecule has 0 aliphatic heterocycles. The van der Waals surface area contributed by atoms with Crippen molar-refractivity contribution in [3.05, 3.63) is 59.7 Å². The van der Waals surface area contributed by atoms with Crippen molar-refractivity contribution < 1.29 is 4.79 Å². The number of carbonyl (C=O) groups excluding carboxylic acids is 1. The molecule has 0 bridgehead atoms. The molecule has 2 aromatic carbocycles. The van der Waals surface area contributed by atoms with Crippen LogP contribution in [0.5, 0.6) is 0 Å². The van der Waals surface area contributed by atoms with Gasteiger partial charge in [-0.15, -0.1) is 0 Å². The predicted molar refractivity (Wildman–Crippen MR) is 88.2 cm³/mol. The van der Waals surface area contributed by atoms with E-state index in [9.17, 15) is 4.79 Å². The fraction of sp³-hybridized carbons (Fsp3) is 0.278. The Morgan fingerprint density at radius 2 is 1.52 bits per heavy atom. The van der Waals surface area contributed by atoms with Gasteiger partial charge in [0.05, 0.1) is 11.3 Å². The fourth-order valence-electron chi connectivity index (χ4n) is 2.32. The van der Waals surface area contributed by atoms with E-state index in [-0.39, 0.29) is 5.91 Å². The molecule has 21 heavy (non-hydrogen) atoms. The van der Waals surface area contributed by atoms with E-state index < -0.39 is 0 Å². The molecule has 2 rings (SSSR count). The number of benzene rings is 2. The number of rotatable bonds is 5. The van der Waals surface area contributed by atoms with Crippen LogP contribution in [0.3, 0.4) is 0 Å². The molecule has 0 heterocycles. The Labute approximate surface area is 126 Å². The van der Waals surface area contributed by atoms with Crippen LogP contribution in [0.2, 0.25) is 0 Å². The molecule has 2 aromatic rings. The molecule has 0 fully saturated rings. The molecular weight excluding hydrogens is 260 g/mol. The van der Waals surface area contributed by atoms with Gasteiger partial charge in [0.15, 0.2) is 0 Å². The third kappa shape index (κ3) is 3.43. The second-order valence-electron chi connectivity index (χ2n) is 4.96. The first-order chi connectivity index (χ1) is 10.2. The maximum atomic E-state index is 12.6. The summed E-state index contributed by atoms with van der Waals surface area (Å²) in [5.74, 6) is 0.0664. The molecule has 3 nitrogen and oxygen atoms in total. The van der Waals surface area contributed by atoms with Gasteiger partial charge < -0.3 is 10.2 Å². The Morgan fingerprint density at radius 1 is 0.952 bits per heavy atom. The minimum Gasteiger partial charge on any atom is -0.355 e. The Kier molecular flexibility index (Phi) is 4.99. The minimum atomic E-state index is 0.0664. The number of nitrogens with one attached hydrogen (secondary N) is 1. The number of nitrogens with zero attached hydrogens (tertiary/aromatic N) is 1. The molecule has 0 spiro atoms. The molecular formula is C18H22N2O. The fourth-order valence-corrected chi connectivity index (χ4v) is 2.32. The molecule has 3 heteroatoms. The highest BCUT2D eigenvalue weighted by molar-refractivity contribution is 6.00. The summed E-state index contributed by atoms with van der Waals surface area (Å²) in [6.45, 7) is 7.48. The zero-order valence-electron chi connectivity index (χ0n) is 12.9. The van der Waals surface area contributed by atoms with Gasteiger partial charge in [-0.3, -0.25) is 4.79 Å². The summed E-state index contributed by atoms with van der Waals surface area (Å²) < 4.78 is 0. The average molecular weight is 282 g/mol. The second-order valence-corrected chi connectivity index (χ2v) is 4.96. The van der Waals surface area contributed by atoms with Crippen LogP contribution in [0.1, 0.15) is 29.8 Å². The molecule has 0 unspecified atom stereocenters. The molecule has 110 valence electrons. The Hall–Kier alpha value is -2.29. The normalized spacial score (nSPS) is 10.2. The zero-order chi connectivity index (χ0) is 15.2. The van der Waals surface area contributed by atoms with Crippen LogP contribution in [0.25, 0.3) is 0 Å². The SMILES string of the molecule is CCN(CC)C(=O)c1ccccc1Nc1ccccc1C. The van der Waals surface area contributed by atoms with Crippen molar-refractivity contribution >= 4 is 17.3 Å². The zero-order valence-corrected chi connectivity index (χ0v) is 12.9. The number of amides is 1. The summed E-state index contributed by atoms with van der Waals surface area (Å²) in [5, 5.41) is 3.38. The van der Waals surface area contributed by atoms with Gasteiger partial charge in [0, 0.05) is 18.8 Å². The highest BCUT2D eigenvalue weighted by Crippen LogP contribution is 2.24. The highest BCUT2D eigenvalue weighted by Gasteiger charge is 2.16. The lowest BCUT2D eigenvalue weighted by Gasteiger charge is -2.21. The lowest BCUT2D eigenvalue weighted by Crippen LogP contribution is -2.30. The standard InChI is InChI=1S/C18H22N2O/c1-4-20(5-2)18(21)15-11-7-9-13-17(15)19-16-12-8-6-10-14(16)3/h6-13,19H,4-5H2,1-3H3. The highest BCUT2D eigenvalue weighted by atomic mass is 16.2. The van der Waals surface area contributed by atoms with Crippen molar-refractivity contribution in [1.29, 1.82) is 0 Å². The molecule has 0 saturated heterocycles. The Bertz CT molecular complexity index is 618. The molecule has 1 amide bonds. The van der Waals surface area contributed by atoms with Gasteiger partial charge in [0.25, 0.3) is 5.91 Å². The summed E-state index contributed by atoms with van der Waals surface area (Å²) in [6, 6.07) is 15.7. The molecule has 0 saturated carbocycles. The van der Waals surface area contributed by atoms with Crippen molar-refractivity contribution in [3.63, 3.8) is 0 Å². The van der Waals surface area contributed by atoms with E-state index in [4.69, 9.17) is 0 Å². The Morgan fingerprint density at radius 3 is 2.14 bits per heavy atom. The van der Waals surface area contributed by atoms with Crippen molar-refractivity contribution in [2.45, 2.75) is 20.8 Å². The number of anilines is 2. The van der Waals surface area contributed by atoms with Gasteiger partial charge in [0.1, 0.15) is 0 Å². The number of hydrogen-bond acceptors (Lipinski definition) is 2. The van der Waals surface area contributed by atoms with Crippen LogP contribution in [0.15, 0.2) is 48.5 Å².